The van der Waals surface area contributed by atoms with Crippen LogP contribution in [0.1, 0.15) is 22.2 Å². The van der Waals surface area contributed by atoms with E-state index in [9.17, 15) is 4.79 Å². The van der Waals surface area contributed by atoms with Crippen molar-refractivity contribution in [3.63, 3.8) is 0 Å². The van der Waals surface area contributed by atoms with Crippen molar-refractivity contribution in [1.82, 2.24) is 4.57 Å². The van der Waals surface area contributed by atoms with Crippen LogP contribution in [0.5, 0.6) is 0 Å². The van der Waals surface area contributed by atoms with Gasteiger partial charge in [-0.25, -0.2) is 0 Å². The van der Waals surface area contributed by atoms with Crippen LogP contribution in [0, 0.1) is 6.92 Å². The van der Waals surface area contributed by atoms with E-state index in [-0.39, 0.29) is 5.91 Å². The number of hydrogen-bond acceptors (Lipinski definition) is 2. The first-order valence-electron chi connectivity index (χ1n) is 9.22. The van der Waals surface area contributed by atoms with Gasteiger partial charge < -0.3 is 4.57 Å². The van der Waals surface area contributed by atoms with Crippen molar-refractivity contribution in [2.45, 2.75) is 20.4 Å². The lowest BCUT2D eigenvalue weighted by Crippen LogP contribution is -2.17. The van der Waals surface area contributed by atoms with Gasteiger partial charge in [0.25, 0.3) is 5.91 Å². The van der Waals surface area contributed by atoms with E-state index in [1.807, 2.05) is 73.0 Å². The summed E-state index contributed by atoms with van der Waals surface area (Å²) in [4.78, 5) is 19.3. The smallest absolute Gasteiger partial charge is 0.280 e. The van der Waals surface area contributed by atoms with E-state index in [4.69, 9.17) is 23.2 Å². The van der Waals surface area contributed by atoms with Gasteiger partial charge in [0, 0.05) is 22.5 Å². The molecule has 0 fully saturated rings. The van der Waals surface area contributed by atoms with Gasteiger partial charge in [0.2, 0.25) is 0 Å². The van der Waals surface area contributed by atoms with Gasteiger partial charge in [-0.05, 0) is 42.8 Å². The summed E-state index contributed by atoms with van der Waals surface area (Å²) in [6.45, 7) is 4.74. The van der Waals surface area contributed by atoms with Crippen LogP contribution in [0.15, 0.2) is 65.7 Å². The first-order valence-corrected chi connectivity index (χ1v) is 10.8. The minimum Gasteiger partial charge on any atom is -0.316 e. The molecule has 0 aliphatic rings. The van der Waals surface area contributed by atoms with E-state index in [2.05, 4.69) is 4.99 Å². The summed E-state index contributed by atoms with van der Waals surface area (Å²) < 4.78 is 2.04. The van der Waals surface area contributed by atoms with Gasteiger partial charge in [0.1, 0.15) is 0 Å². The minimum atomic E-state index is -0.245. The Kier molecular flexibility index (Phi) is 5.59. The number of amides is 1. The Morgan fingerprint density at radius 1 is 1.03 bits per heavy atom. The van der Waals surface area contributed by atoms with Crippen LogP contribution in [0.2, 0.25) is 10.0 Å². The maximum atomic E-state index is 13.0. The van der Waals surface area contributed by atoms with Crippen molar-refractivity contribution in [2.75, 3.05) is 0 Å². The van der Waals surface area contributed by atoms with Gasteiger partial charge in [-0.2, -0.15) is 4.99 Å². The second kappa shape index (κ2) is 8.15. The highest BCUT2D eigenvalue weighted by atomic mass is 35.5. The third kappa shape index (κ3) is 3.76. The molecule has 0 saturated heterocycles. The molecule has 0 aliphatic heterocycles. The predicted octanol–water partition coefficient (Wildman–Crippen LogP) is 6.75. The van der Waals surface area contributed by atoms with Gasteiger partial charge in [-0.15, -0.1) is 11.3 Å². The minimum absolute atomic E-state index is 0.245. The Morgan fingerprint density at radius 3 is 2.55 bits per heavy atom. The molecular weight excluding hydrogens is 423 g/mol. The lowest BCUT2D eigenvalue weighted by atomic mass is 10.0. The molecule has 0 atom stereocenters. The predicted molar refractivity (Wildman–Crippen MR) is 122 cm³/mol. The van der Waals surface area contributed by atoms with Crippen molar-refractivity contribution in [3.8, 4) is 11.3 Å². The molecule has 146 valence electrons. The number of thiazole rings is 1. The molecule has 0 unspecified atom stereocenters. The van der Waals surface area contributed by atoms with Crippen molar-refractivity contribution in [1.29, 1.82) is 0 Å². The molecule has 0 aliphatic carbocycles. The highest BCUT2D eigenvalue weighted by Gasteiger charge is 2.15. The Morgan fingerprint density at radius 2 is 1.79 bits per heavy atom. The van der Waals surface area contributed by atoms with Crippen LogP contribution in [-0.2, 0) is 6.54 Å². The number of rotatable bonds is 3. The van der Waals surface area contributed by atoms with Crippen molar-refractivity contribution in [3.05, 3.63) is 86.0 Å². The molecule has 0 N–H and O–H groups in total. The van der Waals surface area contributed by atoms with Crippen LogP contribution in [0.4, 0.5) is 0 Å². The number of nitrogens with zero attached hydrogens (tertiary/aromatic N) is 2. The molecule has 1 amide bonds. The average molecular weight is 441 g/mol. The molecular formula is C23H18Cl2N2OS. The second-order valence-electron chi connectivity index (χ2n) is 6.61. The molecule has 4 aromatic rings. The highest BCUT2D eigenvalue weighted by molar-refractivity contribution is 7.09. The van der Waals surface area contributed by atoms with E-state index in [1.165, 1.54) is 11.3 Å². The van der Waals surface area contributed by atoms with Crippen LogP contribution in [0.3, 0.4) is 0 Å². The van der Waals surface area contributed by atoms with Crippen LogP contribution in [-0.4, -0.2) is 10.5 Å². The number of carbonyl (C=O) groups excluding carboxylic acids is 1. The zero-order chi connectivity index (χ0) is 20.5. The zero-order valence-electron chi connectivity index (χ0n) is 15.9. The zero-order valence-corrected chi connectivity index (χ0v) is 18.3. The highest BCUT2D eigenvalue weighted by Crippen LogP contribution is 2.31. The molecule has 29 heavy (non-hydrogen) atoms. The first kappa shape index (κ1) is 19.9. The van der Waals surface area contributed by atoms with Crippen molar-refractivity contribution >= 4 is 51.2 Å². The summed E-state index contributed by atoms with van der Waals surface area (Å²) in [6, 6.07) is 19.1. The van der Waals surface area contributed by atoms with Gasteiger partial charge in [0.15, 0.2) is 4.80 Å². The maximum absolute atomic E-state index is 13.0. The molecule has 0 bridgehead atoms. The van der Waals surface area contributed by atoms with E-state index >= 15 is 0 Å². The molecule has 1 aromatic heterocycles. The molecule has 6 heteroatoms. The van der Waals surface area contributed by atoms with Gasteiger partial charge >= 0.3 is 0 Å². The number of halogens is 2. The number of benzene rings is 3. The summed E-state index contributed by atoms with van der Waals surface area (Å²) >= 11 is 13.8. The summed E-state index contributed by atoms with van der Waals surface area (Å²) in [5.74, 6) is -0.245. The second-order valence-corrected chi connectivity index (χ2v) is 8.60. The molecule has 0 saturated carbocycles. The van der Waals surface area contributed by atoms with E-state index < -0.39 is 0 Å². The molecule has 0 spiro atoms. The lowest BCUT2D eigenvalue weighted by Gasteiger charge is -2.09. The Hall–Kier alpha value is -2.40. The van der Waals surface area contributed by atoms with E-state index in [1.54, 1.807) is 6.07 Å². The molecule has 3 aromatic carbocycles. The Labute approximate surface area is 182 Å². The van der Waals surface area contributed by atoms with E-state index in [0.29, 0.717) is 27.0 Å². The van der Waals surface area contributed by atoms with Crippen LogP contribution < -0.4 is 4.80 Å². The number of aryl methyl sites for hydroxylation is 1. The fourth-order valence-electron chi connectivity index (χ4n) is 3.46. The fraction of sp³-hybridized carbons (Fsp3) is 0.130. The topological polar surface area (TPSA) is 34.4 Å². The lowest BCUT2D eigenvalue weighted by molar-refractivity contribution is 0.0999. The third-order valence-corrected chi connectivity index (χ3v) is 6.54. The Bertz CT molecular complexity index is 1300. The number of fused-ring (bicyclic) bond motifs is 1. The first-order chi connectivity index (χ1) is 14.0. The molecule has 0 radical (unpaired) electrons. The average Bonchev–Trinajstić information content (AvgIpc) is 3.04. The van der Waals surface area contributed by atoms with Crippen molar-refractivity contribution in [2.24, 2.45) is 4.99 Å². The van der Waals surface area contributed by atoms with Crippen LogP contribution >= 0.6 is 34.5 Å². The van der Waals surface area contributed by atoms with Crippen LogP contribution in [0.25, 0.3) is 22.0 Å². The SMILES string of the molecule is CCn1c(-c2ccc(Cl)c(Cl)c2)c(C)sc1=NC(=O)c1cccc2ccccc12. The largest absolute Gasteiger partial charge is 0.316 e. The third-order valence-electron chi connectivity index (χ3n) is 4.81. The standard InChI is InChI=1S/C23H18Cl2N2OS/c1-3-27-21(16-11-12-19(24)20(25)13-16)14(2)29-23(27)26-22(28)18-10-6-8-15-7-4-5-9-17(15)18/h4-13H,3H2,1-2H3. The summed E-state index contributed by atoms with van der Waals surface area (Å²) in [5, 5.41) is 2.95. The number of aromatic nitrogens is 1. The number of carbonyl (C=O) groups is 1. The molecule has 3 nitrogen and oxygen atoms in total. The van der Waals surface area contributed by atoms with Gasteiger partial charge in [-0.1, -0.05) is 65.7 Å². The van der Waals surface area contributed by atoms with Gasteiger partial charge in [-0.3, -0.25) is 4.79 Å². The quantitative estimate of drug-likeness (QED) is 0.346. The van der Waals surface area contributed by atoms with Gasteiger partial charge in [0.05, 0.1) is 15.7 Å². The summed E-state index contributed by atoms with van der Waals surface area (Å²) in [5.41, 5.74) is 2.56. The fourth-order valence-corrected chi connectivity index (χ4v) is 4.82. The summed E-state index contributed by atoms with van der Waals surface area (Å²) in [6.07, 6.45) is 0. The normalized spacial score (nSPS) is 11.9. The summed E-state index contributed by atoms with van der Waals surface area (Å²) in [7, 11) is 0. The molecule has 1 heterocycles. The molecule has 4 rings (SSSR count). The maximum Gasteiger partial charge on any atom is 0.280 e. The monoisotopic (exact) mass is 440 g/mol. The number of hydrogen-bond donors (Lipinski definition) is 0. The van der Waals surface area contributed by atoms with E-state index in [0.717, 1.165) is 26.9 Å². The Balaban J connectivity index is 1.86. The van der Waals surface area contributed by atoms with Crippen molar-refractivity contribution < 1.29 is 4.79 Å².